The number of hydrogen-bond acceptors (Lipinski definition) is 6. The number of anilines is 1. The molecule has 1 aromatic heterocycles. The lowest BCUT2D eigenvalue weighted by Crippen LogP contribution is -2.49. The number of rotatable bonds is 9. The monoisotopic (exact) mass is 599 g/mol. The summed E-state index contributed by atoms with van der Waals surface area (Å²) in [5.74, 6) is 0.351. The average molecular weight is 600 g/mol. The van der Waals surface area contributed by atoms with Crippen molar-refractivity contribution in [3.05, 3.63) is 120 Å². The van der Waals surface area contributed by atoms with Crippen molar-refractivity contribution in [2.24, 2.45) is 5.73 Å². The number of carbonyl (C=O) groups excluding carboxylic acids is 2. The first kappa shape index (κ1) is 29.9. The van der Waals surface area contributed by atoms with E-state index in [4.69, 9.17) is 5.73 Å². The number of aryl methyl sites for hydroxylation is 1. The first-order chi connectivity index (χ1) is 21.7. The second-order valence-electron chi connectivity index (χ2n) is 12.3. The molecule has 9 nitrogen and oxygen atoms in total. The van der Waals surface area contributed by atoms with Crippen molar-refractivity contribution in [1.29, 1.82) is 0 Å². The number of nitrogens with zero attached hydrogens (tertiary/aromatic N) is 5. The zero-order valence-corrected chi connectivity index (χ0v) is 25.6. The molecule has 228 valence electrons. The van der Waals surface area contributed by atoms with Gasteiger partial charge in [-0.2, -0.15) is 0 Å². The summed E-state index contributed by atoms with van der Waals surface area (Å²) in [6.45, 7) is 4.55. The van der Waals surface area contributed by atoms with Crippen molar-refractivity contribution in [2.45, 2.75) is 57.8 Å². The molecule has 9 heteroatoms. The molecule has 1 atom stereocenters. The molecule has 1 aliphatic rings. The van der Waals surface area contributed by atoms with Crippen LogP contribution in [0.15, 0.2) is 103 Å². The minimum atomic E-state index is -0.658. The highest BCUT2D eigenvalue weighted by molar-refractivity contribution is 6.00. The molecular formula is C36H37N7O2. The van der Waals surface area contributed by atoms with E-state index < -0.39 is 11.6 Å². The molecule has 3 N–H and O–H groups in total. The molecule has 0 aliphatic carbocycles. The number of benzene rings is 4. The van der Waals surface area contributed by atoms with E-state index in [1.165, 1.54) is 0 Å². The summed E-state index contributed by atoms with van der Waals surface area (Å²) in [6, 6.07) is 33.8. The van der Waals surface area contributed by atoms with Crippen LogP contribution in [0.4, 0.5) is 5.69 Å². The Labute approximate surface area is 263 Å². The Morgan fingerprint density at radius 1 is 0.867 bits per heavy atom. The Kier molecular flexibility index (Phi) is 8.53. The summed E-state index contributed by atoms with van der Waals surface area (Å²) in [7, 11) is 0. The maximum absolute atomic E-state index is 13.9. The van der Waals surface area contributed by atoms with E-state index in [0.29, 0.717) is 31.8 Å². The van der Waals surface area contributed by atoms with E-state index in [0.717, 1.165) is 39.1 Å². The maximum Gasteiger partial charge on any atom is 0.249 e. The van der Waals surface area contributed by atoms with Gasteiger partial charge in [0.15, 0.2) is 5.82 Å². The predicted octanol–water partition coefficient (Wildman–Crippen LogP) is 5.15. The van der Waals surface area contributed by atoms with Gasteiger partial charge in [-0.15, -0.1) is 5.10 Å². The van der Waals surface area contributed by atoms with Crippen LogP contribution in [0.3, 0.4) is 0 Å². The molecular weight excluding hydrogens is 562 g/mol. The van der Waals surface area contributed by atoms with Crippen molar-refractivity contribution in [1.82, 2.24) is 25.5 Å². The third-order valence-electron chi connectivity index (χ3n) is 7.98. The van der Waals surface area contributed by atoms with Crippen LogP contribution >= 0.6 is 0 Å². The van der Waals surface area contributed by atoms with Crippen LogP contribution in [-0.4, -0.2) is 43.6 Å². The highest BCUT2D eigenvalue weighted by Gasteiger charge is 2.32. The van der Waals surface area contributed by atoms with Crippen LogP contribution in [0.1, 0.15) is 43.4 Å². The van der Waals surface area contributed by atoms with E-state index in [1.54, 1.807) is 18.7 Å². The van der Waals surface area contributed by atoms with E-state index in [2.05, 4.69) is 51.2 Å². The van der Waals surface area contributed by atoms with Crippen molar-refractivity contribution >= 4 is 17.5 Å². The molecule has 1 aliphatic heterocycles. The molecule has 5 aromatic rings. The molecule has 6 rings (SSSR count). The Hall–Kier alpha value is -5.15. The average Bonchev–Trinajstić information content (AvgIpc) is 3.45. The van der Waals surface area contributed by atoms with Crippen LogP contribution in [0.2, 0.25) is 0 Å². The summed E-state index contributed by atoms with van der Waals surface area (Å²) in [6.07, 6.45) is 1.36. The summed E-state index contributed by atoms with van der Waals surface area (Å²) >= 11 is 0. The first-order valence-electron chi connectivity index (χ1n) is 15.2. The topological polar surface area (TPSA) is 119 Å². The Morgan fingerprint density at radius 3 is 2.29 bits per heavy atom. The van der Waals surface area contributed by atoms with Gasteiger partial charge in [0.25, 0.3) is 0 Å². The SMILES string of the molecule is CC(C)(N)CC(=O)N[C@@H]1CCc2ccccc2N(Cc2ccc(-c3ccccc3-c3nnnn3Cc3ccccc3)cc2)C1=O. The number of amides is 2. The molecule has 0 spiro atoms. The lowest BCUT2D eigenvalue weighted by molar-refractivity contribution is -0.128. The van der Waals surface area contributed by atoms with Gasteiger partial charge < -0.3 is 16.0 Å². The van der Waals surface area contributed by atoms with Crippen molar-refractivity contribution in [2.75, 3.05) is 4.90 Å². The molecule has 4 aromatic carbocycles. The Morgan fingerprint density at radius 2 is 1.53 bits per heavy atom. The number of aromatic nitrogens is 4. The molecule has 45 heavy (non-hydrogen) atoms. The highest BCUT2D eigenvalue weighted by Crippen LogP contribution is 2.32. The summed E-state index contributed by atoms with van der Waals surface area (Å²) in [5, 5.41) is 15.6. The standard InChI is InChI=1S/C36H37N7O2/c1-36(2,37)22-33(44)38-31-21-20-28-12-6-9-15-32(28)42(35(31)45)23-26-16-18-27(19-17-26)29-13-7-8-14-30(29)34-39-40-41-43(34)24-25-10-4-3-5-11-25/h3-19,31H,20-24,37H2,1-2H3,(H,38,44)/t31-/m1/s1. The van der Waals surface area contributed by atoms with Gasteiger partial charge in [0, 0.05) is 23.2 Å². The molecule has 0 bridgehead atoms. The van der Waals surface area contributed by atoms with Gasteiger partial charge >= 0.3 is 0 Å². The van der Waals surface area contributed by atoms with Crippen LogP contribution < -0.4 is 16.0 Å². The van der Waals surface area contributed by atoms with Crippen molar-refractivity contribution in [3.8, 4) is 22.5 Å². The van der Waals surface area contributed by atoms with Crippen LogP contribution in [-0.2, 0) is 29.1 Å². The van der Waals surface area contributed by atoms with Gasteiger partial charge in [0.05, 0.1) is 13.1 Å². The largest absolute Gasteiger partial charge is 0.344 e. The fourth-order valence-corrected chi connectivity index (χ4v) is 5.83. The summed E-state index contributed by atoms with van der Waals surface area (Å²) in [4.78, 5) is 28.4. The van der Waals surface area contributed by atoms with Gasteiger partial charge in [-0.25, -0.2) is 4.68 Å². The van der Waals surface area contributed by atoms with E-state index in [-0.39, 0.29) is 18.2 Å². The fraction of sp³-hybridized carbons (Fsp3) is 0.250. The number of nitrogens with two attached hydrogens (primary N) is 1. The van der Waals surface area contributed by atoms with Crippen LogP contribution in [0.5, 0.6) is 0 Å². The van der Waals surface area contributed by atoms with E-state index in [9.17, 15) is 9.59 Å². The lowest BCUT2D eigenvalue weighted by atomic mass is 9.98. The van der Waals surface area contributed by atoms with Gasteiger partial charge in [-0.1, -0.05) is 97.1 Å². The van der Waals surface area contributed by atoms with Crippen LogP contribution in [0, 0.1) is 0 Å². The third kappa shape index (κ3) is 6.99. The molecule has 2 heterocycles. The van der Waals surface area contributed by atoms with E-state index >= 15 is 0 Å². The van der Waals surface area contributed by atoms with Gasteiger partial charge in [-0.3, -0.25) is 9.59 Å². The third-order valence-corrected chi connectivity index (χ3v) is 7.98. The molecule has 0 saturated carbocycles. The summed E-state index contributed by atoms with van der Waals surface area (Å²) < 4.78 is 1.81. The van der Waals surface area contributed by atoms with Crippen molar-refractivity contribution < 1.29 is 9.59 Å². The zero-order chi connectivity index (χ0) is 31.4. The maximum atomic E-state index is 13.9. The van der Waals surface area contributed by atoms with Gasteiger partial charge in [-0.05, 0) is 71.0 Å². The Balaban J connectivity index is 1.25. The molecule has 0 unspecified atom stereocenters. The predicted molar refractivity (Wildman–Crippen MR) is 175 cm³/mol. The first-order valence-corrected chi connectivity index (χ1v) is 15.2. The quantitative estimate of drug-likeness (QED) is 0.242. The minimum Gasteiger partial charge on any atom is -0.344 e. The number of carbonyl (C=O) groups is 2. The smallest absolute Gasteiger partial charge is 0.249 e. The number of para-hydroxylation sites is 1. The van der Waals surface area contributed by atoms with Gasteiger partial charge in [0.1, 0.15) is 6.04 Å². The number of nitrogens with one attached hydrogen (secondary N) is 1. The van der Waals surface area contributed by atoms with Crippen molar-refractivity contribution in [3.63, 3.8) is 0 Å². The molecule has 0 radical (unpaired) electrons. The second-order valence-corrected chi connectivity index (χ2v) is 12.3. The van der Waals surface area contributed by atoms with Gasteiger partial charge in [0.2, 0.25) is 11.8 Å². The Bertz CT molecular complexity index is 1790. The summed E-state index contributed by atoms with van der Waals surface area (Å²) in [5.41, 5.74) is 12.4. The van der Waals surface area contributed by atoms with E-state index in [1.807, 2.05) is 77.5 Å². The van der Waals surface area contributed by atoms with Crippen LogP contribution in [0.25, 0.3) is 22.5 Å². The lowest BCUT2D eigenvalue weighted by Gasteiger charge is -2.27. The molecule has 0 fully saturated rings. The number of fused-ring (bicyclic) bond motifs is 1. The number of tetrazole rings is 1. The fourth-order valence-electron chi connectivity index (χ4n) is 5.83. The minimum absolute atomic E-state index is 0.122. The second kappa shape index (κ2) is 12.8. The zero-order valence-electron chi connectivity index (χ0n) is 25.6. The number of hydrogen-bond donors (Lipinski definition) is 2. The molecule has 2 amide bonds. The molecule has 0 saturated heterocycles. The normalized spacial score (nSPS) is 15.0. The highest BCUT2D eigenvalue weighted by atomic mass is 16.2.